The van der Waals surface area contributed by atoms with Crippen LogP contribution in [0, 0.1) is 0 Å². The first-order chi connectivity index (χ1) is 12.0. The predicted molar refractivity (Wildman–Crippen MR) is 90.6 cm³/mol. The Morgan fingerprint density at radius 2 is 1.88 bits per heavy atom. The third-order valence-corrected chi connectivity index (χ3v) is 4.56. The molecule has 3 aromatic rings. The number of aryl methyl sites for hydroxylation is 1. The molecule has 1 aliphatic heterocycles. The van der Waals surface area contributed by atoms with Gasteiger partial charge in [0.05, 0.1) is 28.8 Å². The number of aromatic nitrogens is 2. The van der Waals surface area contributed by atoms with Crippen LogP contribution in [0.5, 0.6) is 0 Å². The molecule has 3 heterocycles. The first kappa shape index (κ1) is 15.3. The van der Waals surface area contributed by atoms with Gasteiger partial charge in [0, 0.05) is 31.1 Å². The lowest BCUT2D eigenvalue weighted by Gasteiger charge is -2.08. The van der Waals surface area contributed by atoms with Crippen molar-refractivity contribution in [2.24, 2.45) is 7.05 Å². The highest BCUT2D eigenvalue weighted by molar-refractivity contribution is 6.31. The molecule has 0 bridgehead atoms. The van der Waals surface area contributed by atoms with Crippen molar-refractivity contribution < 1.29 is 19.1 Å². The summed E-state index contributed by atoms with van der Waals surface area (Å²) in [4.78, 5) is 43.1. The lowest BCUT2D eigenvalue weighted by Crippen LogP contribution is -2.25. The number of benzene rings is 1. The zero-order valence-electron chi connectivity index (χ0n) is 14.0. The first-order valence-electron chi connectivity index (χ1n) is 7.87. The number of hydrogen-bond acceptors (Lipinski definition) is 5. The molecular formula is C18H15N3O4. The average Bonchev–Trinajstić information content (AvgIpc) is 3.02. The van der Waals surface area contributed by atoms with E-state index in [9.17, 15) is 14.4 Å². The quantitative estimate of drug-likeness (QED) is 0.528. The van der Waals surface area contributed by atoms with Crippen LogP contribution in [0.25, 0.3) is 21.9 Å². The minimum absolute atomic E-state index is 0.101. The fourth-order valence-corrected chi connectivity index (χ4v) is 3.43. The number of fused-ring (bicyclic) bond motifs is 5. The molecule has 2 amide bonds. The van der Waals surface area contributed by atoms with Crippen LogP contribution in [-0.2, 0) is 11.8 Å². The van der Waals surface area contributed by atoms with E-state index in [1.54, 1.807) is 36.9 Å². The highest BCUT2D eigenvalue weighted by Gasteiger charge is 2.40. The summed E-state index contributed by atoms with van der Waals surface area (Å²) >= 11 is 0. The topological polar surface area (TPSA) is 81.5 Å². The molecule has 1 aromatic carbocycles. The van der Waals surface area contributed by atoms with Gasteiger partial charge in [-0.2, -0.15) is 0 Å². The van der Waals surface area contributed by atoms with E-state index in [-0.39, 0.29) is 23.3 Å². The van der Waals surface area contributed by atoms with Crippen molar-refractivity contribution in [3.8, 4) is 0 Å². The number of hydrogen-bond donors (Lipinski definition) is 0. The number of amides is 2. The molecule has 0 N–H and O–H groups in total. The van der Waals surface area contributed by atoms with Gasteiger partial charge in [-0.05, 0) is 25.1 Å². The van der Waals surface area contributed by atoms with Gasteiger partial charge in [-0.3, -0.25) is 14.5 Å². The fourth-order valence-electron chi connectivity index (χ4n) is 3.43. The van der Waals surface area contributed by atoms with Crippen molar-refractivity contribution in [3.63, 3.8) is 0 Å². The van der Waals surface area contributed by atoms with Crippen molar-refractivity contribution in [1.82, 2.24) is 14.5 Å². The van der Waals surface area contributed by atoms with Gasteiger partial charge < -0.3 is 9.30 Å². The molecule has 7 heteroatoms. The summed E-state index contributed by atoms with van der Waals surface area (Å²) in [5, 5.41) is 1.51. The molecule has 0 saturated carbocycles. The predicted octanol–water partition coefficient (Wildman–Crippen LogP) is 2.13. The van der Waals surface area contributed by atoms with Crippen molar-refractivity contribution in [3.05, 3.63) is 41.1 Å². The smallest absolute Gasteiger partial charge is 0.338 e. The van der Waals surface area contributed by atoms with E-state index in [0.29, 0.717) is 16.6 Å². The molecule has 7 nitrogen and oxygen atoms in total. The van der Waals surface area contributed by atoms with Gasteiger partial charge in [0.1, 0.15) is 5.65 Å². The monoisotopic (exact) mass is 337 g/mol. The van der Waals surface area contributed by atoms with E-state index >= 15 is 0 Å². The zero-order valence-corrected chi connectivity index (χ0v) is 14.0. The molecule has 0 saturated heterocycles. The molecule has 0 radical (unpaired) electrons. The fraction of sp³-hybridized carbons (Fsp3) is 0.222. The van der Waals surface area contributed by atoms with E-state index in [0.717, 1.165) is 10.3 Å². The molecule has 0 atom stereocenters. The molecule has 0 spiro atoms. The maximum atomic E-state index is 12.7. The summed E-state index contributed by atoms with van der Waals surface area (Å²) in [6.45, 7) is 1.87. The first-order valence-corrected chi connectivity index (χ1v) is 7.87. The van der Waals surface area contributed by atoms with Gasteiger partial charge in [-0.15, -0.1) is 0 Å². The molecule has 0 fully saturated rings. The second kappa shape index (κ2) is 5.14. The van der Waals surface area contributed by atoms with Crippen LogP contribution < -0.4 is 0 Å². The SMILES string of the molecule is CCOC(=O)c1cc2c3cccnc3n(C)c2c2c1C(=O)N(C)C2=O. The van der Waals surface area contributed by atoms with E-state index in [2.05, 4.69) is 4.98 Å². The Bertz CT molecular complexity index is 1100. The standard InChI is InChI=1S/C18H15N3O4/c1-4-25-18(24)11-8-10-9-6-5-7-19-15(9)20(2)14(10)13-12(11)16(22)21(3)17(13)23/h5-8H,4H2,1-3H3. The number of pyridine rings is 1. The summed E-state index contributed by atoms with van der Waals surface area (Å²) in [7, 11) is 3.20. The summed E-state index contributed by atoms with van der Waals surface area (Å²) in [6, 6.07) is 5.29. The summed E-state index contributed by atoms with van der Waals surface area (Å²) < 4.78 is 6.88. The van der Waals surface area contributed by atoms with Crippen LogP contribution in [-0.4, -0.2) is 45.9 Å². The second-order valence-corrected chi connectivity index (χ2v) is 5.89. The number of nitrogens with zero attached hydrogens (tertiary/aromatic N) is 3. The van der Waals surface area contributed by atoms with Crippen molar-refractivity contribution in [1.29, 1.82) is 0 Å². The highest BCUT2D eigenvalue weighted by Crippen LogP contribution is 2.37. The summed E-state index contributed by atoms with van der Waals surface area (Å²) in [6.07, 6.45) is 1.66. The Balaban J connectivity index is 2.22. The molecule has 2 aromatic heterocycles. The van der Waals surface area contributed by atoms with Crippen LogP contribution in [0.2, 0.25) is 0 Å². The molecule has 25 heavy (non-hydrogen) atoms. The lowest BCUT2D eigenvalue weighted by atomic mass is 9.98. The van der Waals surface area contributed by atoms with E-state index in [4.69, 9.17) is 4.74 Å². The van der Waals surface area contributed by atoms with E-state index < -0.39 is 17.8 Å². The van der Waals surface area contributed by atoms with Gasteiger partial charge in [0.25, 0.3) is 11.8 Å². The number of carbonyl (C=O) groups is 3. The number of carbonyl (C=O) groups excluding carboxylic acids is 3. The van der Waals surface area contributed by atoms with Gasteiger partial charge in [0.2, 0.25) is 0 Å². The minimum Gasteiger partial charge on any atom is -0.462 e. The van der Waals surface area contributed by atoms with Crippen LogP contribution in [0.15, 0.2) is 24.4 Å². The van der Waals surface area contributed by atoms with Crippen molar-refractivity contribution in [2.75, 3.05) is 13.7 Å². The summed E-state index contributed by atoms with van der Waals surface area (Å²) in [5.41, 5.74) is 1.72. The Hall–Kier alpha value is -3.22. The van der Waals surface area contributed by atoms with Gasteiger partial charge in [-0.25, -0.2) is 9.78 Å². The highest BCUT2D eigenvalue weighted by atomic mass is 16.5. The second-order valence-electron chi connectivity index (χ2n) is 5.89. The third kappa shape index (κ3) is 1.86. The maximum Gasteiger partial charge on any atom is 0.338 e. The number of rotatable bonds is 2. The Labute approximate surface area is 142 Å². The van der Waals surface area contributed by atoms with Crippen LogP contribution in [0.4, 0.5) is 0 Å². The number of imide groups is 1. The normalized spacial score (nSPS) is 13.8. The van der Waals surface area contributed by atoms with Crippen LogP contribution >= 0.6 is 0 Å². The number of ether oxygens (including phenoxy) is 1. The third-order valence-electron chi connectivity index (χ3n) is 4.56. The zero-order chi connectivity index (χ0) is 17.9. The Morgan fingerprint density at radius 1 is 1.16 bits per heavy atom. The molecule has 4 rings (SSSR count). The lowest BCUT2D eigenvalue weighted by molar-refractivity contribution is 0.0520. The molecular weight excluding hydrogens is 322 g/mol. The largest absolute Gasteiger partial charge is 0.462 e. The Kier molecular flexibility index (Phi) is 3.15. The van der Waals surface area contributed by atoms with Gasteiger partial charge >= 0.3 is 5.97 Å². The van der Waals surface area contributed by atoms with Gasteiger partial charge in [-0.1, -0.05) is 0 Å². The molecule has 1 aliphatic rings. The van der Waals surface area contributed by atoms with Crippen molar-refractivity contribution >= 4 is 39.7 Å². The maximum absolute atomic E-state index is 12.7. The van der Waals surface area contributed by atoms with Gasteiger partial charge in [0.15, 0.2) is 0 Å². The average molecular weight is 337 g/mol. The molecule has 0 aliphatic carbocycles. The molecule has 126 valence electrons. The van der Waals surface area contributed by atoms with Crippen LogP contribution in [0.3, 0.4) is 0 Å². The van der Waals surface area contributed by atoms with E-state index in [1.807, 2.05) is 6.07 Å². The van der Waals surface area contributed by atoms with Crippen molar-refractivity contribution in [2.45, 2.75) is 6.92 Å². The molecule has 0 unspecified atom stereocenters. The summed E-state index contributed by atoms with van der Waals surface area (Å²) in [5.74, 6) is -1.54. The minimum atomic E-state index is -0.613. The van der Waals surface area contributed by atoms with Crippen LogP contribution in [0.1, 0.15) is 38.0 Å². The number of esters is 1. The van der Waals surface area contributed by atoms with E-state index in [1.165, 1.54) is 7.05 Å². The Morgan fingerprint density at radius 3 is 2.60 bits per heavy atom.